The van der Waals surface area contributed by atoms with Gasteiger partial charge in [0, 0.05) is 21.5 Å². The van der Waals surface area contributed by atoms with Gasteiger partial charge in [0.15, 0.2) is 8.07 Å². The van der Waals surface area contributed by atoms with Crippen LogP contribution < -0.4 is 25.5 Å². The first-order chi connectivity index (χ1) is 19.7. The normalized spacial score (nSPS) is 15.9. The summed E-state index contributed by atoms with van der Waals surface area (Å²) < 4.78 is 8.85. The molecule has 1 aliphatic rings. The van der Waals surface area contributed by atoms with E-state index in [2.05, 4.69) is 132 Å². The fourth-order valence-electron chi connectivity index (χ4n) is 6.56. The zero-order valence-electron chi connectivity index (χ0n) is 21.6. The minimum absolute atomic E-state index is 0.677. The lowest BCUT2D eigenvalue weighted by Crippen LogP contribution is -2.76. The van der Waals surface area contributed by atoms with Gasteiger partial charge >= 0.3 is 0 Å². The van der Waals surface area contributed by atoms with E-state index in [1.165, 1.54) is 42.6 Å². The van der Waals surface area contributed by atoms with E-state index in [-0.39, 0.29) is 0 Å². The van der Waals surface area contributed by atoms with Crippen molar-refractivity contribution in [2.24, 2.45) is 0 Å². The van der Waals surface area contributed by atoms with Crippen molar-refractivity contribution in [2.75, 3.05) is 0 Å². The Morgan fingerprint density at radius 1 is 0.500 bits per heavy atom. The van der Waals surface area contributed by atoms with Crippen LogP contribution in [0.4, 0.5) is 0 Å². The molecule has 40 heavy (non-hydrogen) atoms. The number of hydrogen-bond acceptors (Lipinski definition) is 1. The van der Waals surface area contributed by atoms with Crippen LogP contribution in [0.15, 0.2) is 146 Å². The van der Waals surface area contributed by atoms with Gasteiger partial charge in [0.25, 0.3) is 0 Å². The summed E-state index contributed by atoms with van der Waals surface area (Å²) in [5.74, 6) is 1.74. The van der Waals surface area contributed by atoms with Crippen LogP contribution in [0.5, 0.6) is 11.5 Å². The molecule has 4 heteroatoms. The molecule has 1 aliphatic heterocycles. The lowest BCUT2D eigenvalue weighted by molar-refractivity contribution is 0.487. The molecule has 0 aliphatic carbocycles. The van der Waals surface area contributed by atoms with Crippen LogP contribution in [0.1, 0.15) is 0 Å². The minimum atomic E-state index is -2.71. The highest BCUT2D eigenvalue weighted by Crippen LogP contribution is 2.33. The highest BCUT2D eigenvalue weighted by molar-refractivity contribution is 7.20. The van der Waals surface area contributed by atoms with Gasteiger partial charge in [0.1, 0.15) is 11.5 Å². The third-order valence-corrected chi connectivity index (χ3v) is 13.3. The molecule has 6 aromatic carbocycles. The Labute approximate surface area is 238 Å². The molecule has 0 amide bonds. The van der Waals surface area contributed by atoms with Gasteiger partial charge in [-0.2, -0.15) is 0 Å². The summed E-state index contributed by atoms with van der Waals surface area (Å²) in [4.78, 5) is 0. The largest absolute Gasteiger partial charge is 0.457 e. The smallest absolute Gasteiger partial charge is 0.188 e. The summed E-state index contributed by atoms with van der Waals surface area (Å²) in [6, 6.07) is 52.1. The van der Waals surface area contributed by atoms with Gasteiger partial charge < -0.3 is 9.30 Å². The third kappa shape index (κ3) is 3.29. The van der Waals surface area contributed by atoms with E-state index in [1.807, 2.05) is 18.2 Å². The molecular weight excluding hydrogens is 526 g/mol. The van der Waals surface area contributed by atoms with Crippen molar-refractivity contribution in [1.82, 2.24) is 4.57 Å². The number of aromatic nitrogens is 1. The first-order valence-electron chi connectivity index (χ1n) is 13.5. The van der Waals surface area contributed by atoms with Crippen LogP contribution in [-0.4, -0.2) is 12.6 Å². The zero-order chi connectivity index (χ0) is 26.7. The number of rotatable bonds is 3. The molecule has 0 spiro atoms. The average Bonchev–Trinajstić information content (AvgIpc) is 3.35. The standard InChI is InChI=1S/C36H24ClNOSi/c37-25-18-23-36-34(24-25)39-33-16-8-9-17-35(33)40(36,27-10-2-1-3-11-27)28-21-19-26(20-22-28)38-31-14-6-4-12-29(31)30-13-5-7-15-32(30)38/h1-24H. The SMILES string of the molecule is Clc1ccc2c(c1)Oc1ccccc1[Si]2(c1ccccc1)c1ccc(-n2c3ccccc3c3ccccc32)cc1. The molecule has 0 bridgehead atoms. The molecule has 2 nitrogen and oxygen atoms in total. The first-order valence-corrected chi connectivity index (χ1v) is 15.8. The number of fused-ring (bicyclic) bond motifs is 5. The zero-order valence-corrected chi connectivity index (χ0v) is 23.3. The predicted molar refractivity (Wildman–Crippen MR) is 169 cm³/mol. The van der Waals surface area contributed by atoms with Crippen molar-refractivity contribution >= 4 is 62.2 Å². The lowest BCUT2D eigenvalue weighted by Gasteiger charge is -2.39. The van der Waals surface area contributed by atoms with Crippen molar-refractivity contribution in [2.45, 2.75) is 0 Å². The Bertz CT molecular complexity index is 1990. The molecule has 0 saturated carbocycles. The van der Waals surface area contributed by atoms with Gasteiger partial charge in [0.05, 0.1) is 11.0 Å². The van der Waals surface area contributed by atoms with E-state index in [4.69, 9.17) is 16.3 Å². The maximum Gasteiger partial charge on any atom is 0.188 e. The van der Waals surface area contributed by atoms with Crippen molar-refractivity contribution in [3.63, 3.8) is 0 Å². The Morgan fingerprint density at radius 2 is 1.07 bits per heavy atom. The van der Waals surface area contributed by atoms with Crippen LogP contribution >= 0.6 is 11.6 Å². The van der Waals surface area contributed by atoms with E-state index in [9.17, 15) is 0 Å². The summed E-state index contributed by atoms with van der Waals surface area (Å²) >= 11 is 6.49. The lowest BCUT2D eigenvalue weighted by atomic mass is 10.2. The molecule has 2 heterocycles. The highest BCUT2D eigenvalue weighted by Gasteiger charge is 2.47. The number of hydrogen-bond donors (Lipinski definition) is 0. The van der Waals surface area contributed by atoms with Gasteiger partial charge in [0.2, 0.25) is 0 Å². The topological polar surface area (TPSA) is 14.2 Å². The van der Waals surface area contributed by atoms with Crippen LogP contribution in [0.3, 0.4) is 0 Å². The fourth-order valence-corrected chi connectivity index (χ4v) is 11.6. The summed E-state index contributed by atoms with van der Waals surface area (Å²) in [7, 11) is -2.71. The molecule has 1 unspecified atom stereocenters. The van der Waals surface area contributed by atoms with Crippen molar-refractivity contribution in [1.29, 1.82) is 0 Å². The van der Waals surface area contributed by atoms with E-state index in [1.54, 1.807) is 0 Å². The van der Waals surface area contributed by atoms with Crippen LogP contribution in [0.25, 0.3) is 27.5 Å². The van der Waals surface area contributed by atoms with Gasteiger partial charge in [-0.25, -0.2) is 0 Å². The van der Waals surface area contributed by atoms with Crippen LogP contribution in [0.2, 0.25) is 5.02 Å². The molecule has 8 rings (SSSR count). The molecule has 7 aromatic rings. The predicted octanol–water partition coefficient (Wildman–Crippen LogP) is 6.92. The van der Waals surface area contributed by atoms with Gasteiger partial charge in [-0.15, -0.1) is 0 Å². The first kappa shape index (κ1) is 23.3. The summed E-state index contributed by atoms with van der Waals surface area (Å²) in [5, 5.41) is 8.30. The average molecular weight is 550 g/mol. The summed E-state index contributed by atoms with van der Waals surface area (Å²) in [6.45, 7) is 0. The molecule has 1 aromatic heterocycles. The molecule has 0 radical (unpaired) electrons. The minimum Gasteiger partial charge on any atom is -0.457 e. The van der Waals surface area contributed by atoms with Crippen LogP contribution in [0, 0.1) is 0 Å². The van der Waals surface area contributed by atoms with E-state index in [0.717, 1.165) is 17.2 Å². The summed E-state index contributed by atoms with van der Waals surface area (Å²) in [5.41, 5.74) is 3.57. The maximum absolute atomic E-state index is 6.49. The van der Waals surface area contributed by atoms with E-state index >= 15 is 0 Å². The highest BCUT2D eigenvalue weighted by atomic mass is 35.5. The number of ether oxygens (including phenoxy) is 1. The van der Waals surface area contributed by atoms with Gasteiger partial charge in [-0.1, -0.05) is 115 Å². The van der Waals surface area contributed by atoms with Crippen LogP contribution in [-0.2, 0) is 0 Å². The van der Waals surface area contributed by atoms with E-state index < -0.39 is 8.07 Å². The quantitative estimate of drug-likeness (QED) is 0.218. The third-order valence-electron chi connectivity index (χ3n) is 8.20. The Morgan fingerprint density at radius 3 is 1.80 bits per heavy atom. The number of halogens is 1. The second-order valence-electron chi connectivity index (χ2n) is 10.3. The Kier molecular flexibility index (Phi) is 5.24. The molecule has 0 N–H and O–H groups in total. The number of para-hydroxylation sites is 3. The number of benzene rings is 6. The van der Waals surface area contributed by atoms with Gasteiger partial charge in [-0.05, 0) is 63.2 Å². The van der Waals surface area contributed by atoms with E-state index in [0.29, 0.717) is 5.02 Å². The Hall–Kier alpha value is -4.57. The second-order valence-corrected chi connectivity index (χ2v) is 14.4. The Balaban J connectivity index is 1.41. The fraction of sp³-hybridized carbons (Fsp3) is 0. The van der Waals surface area contributed by atoms with Gasteiger partial charge in [-0.3, -0.25) is 0 Å². The van der Waals surface area contributed by atoms with Crippen molar-refractivity contribution < 1.29 is 4.74 Å². The van der Waals surface area contributed by atoms with Crippen molar-refractivity contribution in [3.8, 4) is 17.2 Å². The molecular formula is C36H24ClNOSi. The second kappa shape index (κ2) is 8.99. The molecule has 190 valence electrons. The number of nitrogens with zero attached hydrogens (tertiary/aromatic N) is 1. The monoisotopic (exact) mass is 549 g/mol. The maximum atomic E-state index is 6.49. The van der Waals surface area contributed by atoms with Crippen molar-refractivity contribution in [3.05, 3.63) is 151 Å². The molecule has 0 fully saturated rings. The molecule has 0 saturated heterocycles. The molecule has 1 atom stereocenters. The summed E-state index contributed by atoms with van der Waals surface area (Å²) in [6.07, 6.45) is 0.